The number of likely N-dealkylation sites (tertiary alicyclic amines) is 1. The molecule has 0 aliphatic carbocycles. The highest BCUT2D eigenvalue weighted by Gasteiger charge is 2.23. The number of rotatable bonds is 5. The zero-order valence-corrected chi connectivity index (χ0v) is 15.5. The number of amides is 1. The van der Waals surface area contributed by atoms with Crippen molar-refractivity contribution in [1.82, 2.24) is 19.7 Å². The summed E-state index contributed by atoms with van der Waals surface area (Å²) >= 11 is 5.35. The molecule has 0 spiro atoms. The van der Waals surface area contributed by atoms with Gasteiger partial charge in [0.1, 0.15) is 5.75 Å². The molecular weight excluding hydrogens is 336 g/mol. The van der Waals surface area contributed by atoms with E-state index < -0.39 is 0 Å². The summed E-state index contributed by atoms with van der Waals surface area (Å²) in [7, 11) is 1.64. The van der Waals surface area contributed by atoms with Crippen molar-refractivity contribution in [2.24, 2.45) is 0 Å². The Kier molecular flexibility index (Phi) is 5.53. The van der Waals surface area contributed by atoms with E-state index in [4.69, 9.17) is 17.0 Å². The number of methoxy groups -OCH3 is 1. The zero-order chi connectivity index (χ0) is 17.8. The minimum absolute atomic E-state index is 0.191. The fourth-order valence-electron chi connectivity index (χ4n) is 3.31. The lowest BCUT2D eigenvalue weighted by atomic mass is 10.0. The van der Waals surface area contributed by atoms with Crippen molar-refractivity contribution in [3.05, 3.63) is 29.0 Å². The van der Waals surface area contributed by atoms with Gasteiger partial charge >= 0.3 is 0 Å². The second kappa shape index (κ2) is 7.82. The topological polar surface area (TPSA) is 63.1 Å². The Morgan fingerprint density at radius 2 is 2.12 bits per heavy atom. The first-order valence-corrected chi connectivity index (χ1v) is 9.10. The Bertz CT molecular complexity index is 781. The summed E-state index contributed by atoms with van der Waals surface area (Å²) in [5.41, 5.74) is 0.937. The van der Waals surface area contributed by atoms with Crippen LogP contribution in [0.5, 0.6) is 5.75 Å². The molecule has 2 aromatic rings. The van der Waals surface area contributed by atoms with Crippen LogP contribution < -0.4 is 4.74 Å². The molecule has 0 unspecified atom stereocenters. The molecule has 0 bridgehead atoms. The standard InChI is InChI=1S/C18H24N4O2S/c1-13-5-3-4-11-21(13)16(23)10-12-22-17(19-20-18(22)25)14-6-8-15(24-2)9-7-14/h6-9,13H,3-5,10-12H2,1-2H3,(H,20,25)/t13-/m1/s1. The molecule has 1 N–H and O–H groups in total. The van der Waals surface area contributed by atoms with Crippen molar-refractivity contribution in [1.29, 1.82) is 0 Å². The third-order valence-corrected chi connectivity index (χ3v) is 5.09. The van der Waals surface area contributed by atoms with Crippen LogP contribution in [0.1, 0.15) is 32.6 Å². The Balaban J connectivity index is 1.73. The maximum atomic E-state index is 12.6. The summed E-state index contributed by atoms with van der Waals surface area (Å²) in [5.74, 6) is 1.72. The molecule has 1 aliphatic heterocycles. The molecule has 7 heteroatoms. The molecule has 0 radical (unpaired) electrons. The van der Waals surface area contributed by atoms with E-state index in [0.717, 1.165) is 36.5 Å². The molecule has 6 nitrogen and oxygen atoms in total. The van der Waals surface area contributed by atoms with Crippen LogP contribution in [0, 0.1) is 4.77 Å². The van der Waals surface area contributed by atoms with Gasteiger partial charge in [-0.25, -0.2) is 0 Å². The smallest absolute Gasteiger partial charge is 0.224 e. The van der Waals surface area contributed by atoms with E-state index in [-0.39, 0.29) is 5.91 Å². The number of benzene rings is 1. The van der Waals surface area contributed by atoms with E-state index in [1.165, 1.54) is 6.42 Å². The average molecular weight is 360 g/mol. The summed E-state index contributed by atoms with van der Waals surface area (Å²) < 4.78 is 7.62. The number of hydrogen-bond acceptors (Lipinski definition) is 4. The first-order chi connectivity index (χ1) is 12.1. The third kappa shape index (κ3) is 3.92. The van der Waals surface area contributed by atoms with Gasteiger partial charge in [-0.15, -0.1) is 0 Å². The quantitative estimate of drug-likeness (QED) is 0.830. The molecule has 1 atom stereocenters. The van der Waals surface area contributed by atoms with Gasteiger partial charge in [0.15, 0.2) is 10.6 Å². The molecule has 1 saturated heterocycles. The molecule has 2 heterocycles. The van der Waals surface area contributed by atoms with Crippen molar-refractivity contribution in [2.75, 3.05) is 13.7 Å². The monoisotopic (exact) mass is 360 g/mol. The van der Waals surface area contributed by atoms with Crippen LogP contribution in [-0.2, 0) is 11.3 Å². The van der Waals surface area contributed by atoms with Gasteiger partial charge in [0, 0.05) is 31.1 Å². The van der Waals surface area contributed by atoms with E-state index in [1.807, 2.05) is 33.7 Å². The van der Waals surface area contributed by atoms with Crippen molar-refractivity contribution in [3.63, 3.8) is 0 Å². The third-order valence-electron chi connectivity index (χ3n) is 4.78. The molecular formula is C18H24N4O2S. The second-order valence-corrected chi connectivity index (χ2v) is 6.80. The number of aromatic nitrogens is 3. The van der Waals surface area contributed by atoms with E-state index in [9.17, 15) is 4.79 Å². The molecule has 1 aromatic carbocycles. The van der Waals surface area contributed by atoms with Gasteiger partial charge in [0.2, 0.25) is 5.91 Å². The van der Waals surface area contributed by atoms with Crippen LogP contribution in [0.2, 0.25) is 0 Å². The number of carbonyl (C=O) groups excluding carboxylic acids is 1. The summed E-state index contributed by atoms with van der Waals surface area (Å²) in [6, 6.07) is 7.99. The summed E-state index contributed by atoms with van der Waals surface area (Å²) in [6.07, 6.45) is 3.83. The van der Waals surface area contributed by atoms with Gasteiger partial charge in [-0.1, -0.05) is 0 Å². The Labute approximate surface area is 152 Å². The van der Waals surface area contributed by atoms with Gasteiger partial charge in [-0.2, -0.15) is 5.10 Å². The minimum Gasteiger partial charge on any atom is -0.497 e. The van der Waals surface area contributed by atoms with Gasteiger partial charge in [0.25, 0.3) is 0 Å². The van der Waals surface area contributed by atoms with Crippen LogP contribution in [0.15, 0.2) is 24.3 Å². The molecule has 1 aromatic heterocycles. The summed E-state index contributed by atoms with van der Waals surface area (Å²) in [4.78, 5) is 14.6. The fourth-order valence-corrected chi connectivity index (χ4v) is 3.53. The number of nitrogens with zero attached hydrogens (tertiary/aromatic N) is 3. The SMILES string of the molecule is COc1ccc(-c2n[nH]c(=S)n2CCC(=O)N2CCCC[C@H]2C)cc1. The number of piperidine rings is 1. The number of aromatic amines is 1. The van der Waals surface area contributed by atoms with E-state index in [1.54, 1.807) is 7.11 Å². The first kappa shape index (κ1) is 17.7. The van der Waals surface area contributed by atoms with Crippen LogP contribution >= 0.6 is 12.2 Å². The normalized spacial score (nSPS) is 17.5. The zero-order valence-electron chi connectivity index (χ0n) is 14.7. The highest BCUT2D eigenvalue weighted by molar-refractivity contribution is 7.71. The predicted octanol–water partition coefficient (Wildman–Crippen LogP) is 3.41. The van der Waals surface area contributed by atoms with Gasteiger partial charge in [-0.3, -0.25) is 14.5 Å². The molecule has 1 amide bonds. The summed E-state index contributed by atoms with van der Waals surface area (Å²) in [5, 5.41) is 7.16. The van der Waals surface area contributed by atoms with Crippen molar-refractivity contribution in [2.45, 2.75) is 45.2 Å². The predicted molar refractivity (Wildman–Crippen MR) is 99.0 cm³/mol. The maximum absolute atomic E-state index is 12.6. The minimum atomic E-state index is 0.191. The molecule has 134 valence electrons. The second-order valence-electron chi connectivity index (χ2n) is 6.41. The van der Waals surface area contributed by atoms with Crippen molar-refractivity contribution >= 4 is 18.1 Å². The Hall–Kier alpha value is -2.15. The average Bonchev–Trinajstić information content (AvgIpc) is 3.00. The number of carbonyl (C=O) groups is 1. The van der Waals surface area contributed by atoms with E-state index >= 15 is 0 Å². The van der Waals surface area contributed by atoms with Gasteiger partial charge < -0.3 is 9.64 Å². The van der Waals surface area contributed by atoms with Crippen molar-refractivity contribution in [3.8, 4) is 17.1 Å². The largest absolute Gasteiger partial charge is 0.497 e. The lowest BCUT2D eigenvalue weighted by Gasteiger charge is -2.33. The molecule has 25 heavy (non-hydrogen) atoms. The molecule has 1 fully saturated rings. The number of ether oxygens (including phenoxy) is 1. The highest BCUT2D eigenvalue weighted by Crippen LogP contribution is 2.22. The number of H-pyrrole nitrogens is 1. The number of nitrogens with one attached hydrogen (secondary N) is 1. The summed E-state index contributed by atoms with van der Waals surface area (Å²) in [6.45, 7) is 3.52. The van der Waals surface area contributed by atoms with Crippen molar-refractivity contribution < 1.29 is 9.53 Å². The highest BCUT2D eigenvalue weighted by atomic mass is 32.1. The van der Waals surface area contributed by atoms with Gasteiger partial charge in [0.05, 0.1) is 7.11 Å². The maximum Gasteiger partial charge on any atom is 0.224 e. The first-order valence-electron chi connectivity index (χ1n) is 8.69. The lowest BCUT2D eigenvalue weighted by molar-refractivity contribution is -0.134. The number of hydrogen-bond donors (Lipinski definition) is 1. The molecule has 1 aliphatic rings. The van der Waals surface area contributed by atoms with Crippen LogP contribution in [0.25, 0.3) is 11.4 Å². The lowest BCUT2D eigenvalue weighted by Crippen LogP contribution is -2.42. The van der Waals surface area contributed by atoms with E-state index in [0.29, 0.717) is 23.8 Å². The van der Waals surface area contributed by atoms with Crippen LogP contribution in [0.4, 0.5) is 0 Å². The molecule has 0 saturated carbocycles. The molecule has 3 rings (SSSR count). The Morgan fingerprint density at radius 3 is 2.80 bits per heavy atom. The Morgan fingerprint density at radius 1 is 1.36 bits per heavy atom. The van der Waals surface area contributed by atoms with Crippen LogP contribution in [0.3, 0.4) is 0 Å². The van der Waals surface area contributed by atoms with Crippen LogP contribution in [-0.4, -0.2) is 45.3 Å². The fraction of sp³-hybridized carbons (Fsp3) is 0.500. The van der Waals surface area contributed by atoms with E-state index in [2.05, 4.69) is 17.1 Å². The van der Waals surface area contributed by atoms with Gasteiger partial charge in [-0.05, 0) is 62.7 Å².